The quantitative estimate of drug-likeness (QED) is 0.596. The zero-order valence-corrected chi connectivity index (χ0v) is 6.46. The Labute approximate surface area is 64.2 Å². The van der Waals surface area contributed by atoms with Crippen LogP contribution < -0.4 is 11.1 Å². The Morgan fingerprint density at radius 2 is 2.45 bits per heavy atom. The Morgan fingerprint density at radius 3 is 2.82 bits per heavy atom. The molecule has 3 N–H and O–H groups in total. The summed E-state index contributed by atoms with van der Waals surface area (Å²) < 4.78 is 1.65. The van der Waals surface area contributed by atoms with Crippen molar-refractivity contribution in [1.29, 1.82) is 0 Å². The molecule has 60 valence electrons. The SMILES string of the molecule is CC(=O)Nc1c(N)ncn1C. The van der Waals surface area contributed by atoms with Crippen LogP contribution in [0.2, 0.25) is 0 Å². The van der Waals surface area contributed by atoms with Gasteiger partial charge in [-0.3, -0.25) is 4.79 Å². The zero-order chi connectivity index (χ0) is 8.43. The van der Waals surface area contributed by atoms with Gasteiger partial charge >= 0.3 is 0 Å². The van der Waals surface area contributed by atoms with Gasteiger partial charge in [0.25, 0.3) is 0 Å². The number of hydrogen-bond acceptors (Lipinski definition) is 3. The number of carbonyl (C=O) groups excluding carboxylic acids is 1. The normalized spacial score (nSPS) is 9.64. The molecular formula is C6H10N4O. The van der Waals surface area contributed by atoms with Gasteiger partial charge in [-0.2, -0.15) is 0 Å². The molecule has 0 bridgehead atoms. The fourth-order valence-corrected chi connectivity index (χ4v) is 0.767. The molecule has 5 nitrogen and oxygen atoms in total. The average molecular weight is 154 g/mol. The number of nitrogens with zero attached hydrogens (tertiary/aromatic N) is 2. The first-order valence-corrected chi connectivity index (χ1v) is 3.15. The minimum atomic E-state index is -0.152. The molecule has 0 aliphatic heterocycles. The van der Waals surface area contributed by atoms with Crippen molar-refractivity contribution < 1.29 is 4.79 Å². The van der Waals surface area contributed by atoms with E-state index < -0.39 is 0 Å². The van der Waals surface area contributed by atoms with Crippen molar-refractivity contribution in [1.82, 2.24) is 9.55 Å². The molecule has 1 aromatic rings. The lowest BCUT2D eigenvalue weighted by Gasteiger charge is -2.01. The summed E-state index contributed by atoms with van der Waals surface area (Å²) in [5.74, 6) is 0.723. The summed E-state index contributed by atoms with van der Waals surface area (Å²) in [7, 11) is 1.76. The van der Waals surface area contributed by atoms with Crippen LogP contribution in [-0.2, 0) is 11.8 Å². The van der Waals surface area contributed by atoms with Crippen molar-refractivity contribution in [3.05, 3.63) is 6.33 Å². The summed E-state index contributed by atoms with van der Waals surface area (Å²) in [5, 5.41) is 2.56. The minimum Gasteiger partial charge on any atom is -0.381 e. The molecule has 11 heavy (non-hydrogen) atoms. The zero-order valence-electron chi connectivity index (χ0n) is 6.46. The number of nitrogen functional groups attached to an aromatic ring is 1. The molecule has 0 aliphatic rings. The van der Waals surface area contributed by atoms with E-state index in [1.807, 2.05) is 0 Å². The van der Waals surface area contributed by atoms with E-state index in [1.54, 1.807) is 17.9 Å². The number of rotatable bonds is 1. The second kappa shape index (κ2) is 2.61. The number of carbonyl (C=O) groups is 1. The van der Waals surface area contributed by atoms with Gasteiger partial charge < -0.3 is 15.6 Å². The van der Waals surface area contributed by atoms with Crippen molar-refractivity contribution in [2.24, 2.45) is 7.05 Å². The summed E-state index contributed by atoms with van der Waals surface area (Å²) in [5.41, 5.74) is 5.44. The van der Waals surface area contributed by atoms with E-state index in [9.17, 15) is 4.79 Å². The van der Waals surface area contributed by atoms with Gasteiger partial charge in [0.2, 0.25) is 5.91 Å². The first-order valence-electron chi connectivity index (χ1n) is 3.15. The van der Waals surface area contributed by atoms with Gasteiger partial charge in [-0.15, -0.1) is 0 Å². The van der Waals surface area contributed by atoms with Crippen molar-refractivity contribution in [3.8, 4) is 0 Å². The highest BCUT2D eigenvalue weighted by molar-refractivity contribution is 5.90. The Balaban J connectivity index is 2.92. The molecule has 0 saturated carbocycles. The fourth-order valence-electron chi connectivity index (χ4n) is 0.767. The average Bonchev–Trinajstić information content (AvgIpc) is 2.18. The number of imidazole rings is 1. The van der Waals surface area contributed by atoms with Crippen LogP contribution in [0.1, 0.15) is 6.92 Å². The van der Waals surface area contributed by atoms with E-state index in [4.69, 9.17) is 5.73 Å². The van der Waals surface area contributed by atoms with E-state index in [1.165, 1.54) is 6.92 Å². The van der Waals surface area contributed by atoms with Crippen LogP contribution in [0.3, 0.4) is 0 Å². The summed E-state index contributed by atoms with van der Waals surface area (Å²) >= 11 is 0. The predicted octanol–water partition coefficient (Wildman–Crippen LogP) is -0.0393. The topological polar surface area (TPSA) is 72.9 Å². The summed E-state index contributed by atoms with van der Waals surface area (Å²) in [4.78, 5) is 14.4. The van der Waals surface area contributed by atoms with Crippen molar-refractivity contribution in [2.45, 2.75) is 6.92 Å². The summed E-state index contributed by atoms with van der Waals surface area (Å²) in [6, 6.07) is 0. The van der Waals surface area contributed by atoms with Crippen LogP contribution in [-0.4, -0.2) is 15.5 Å². The van der Waals surface area contributed by atoms with Crippen LogP contribution >= 0.6 is 0 Å². The third-order valence-electron chi connectivity index (χ3n) is 1.26. The smallest absolute Gasteiger partial charge is 0.222 e. The van der Waals surface area contributed by atoms with Crippen molar-refractivity contribution in [3.63, 3.8) is 0 Å². The molecule has 0 radical (unpaired) electrons. The lowest BCUT2D eigenvalue weighted by molar-refractivity contribution is -0.114. The largest absolute Gasteiger partial charge is 0.381 e. The van der Waals surface area contributed by atoms with E-state index in [0.717, 1.165) is 0 Å². The van der Waals surface area contributed by atoms with Crippen molar-refractivity contribution in [2.75, 3.05) is 11.1 Å². The highest BCUT2D eigenvalue weighted by Gasteiger charge is 2.05. The molecule has 0 atom stereocenters. The number of hydrogen-bond donors (Lipinski definition) is 2. The number of aryl methyl sites for hydroxylation is 1. The Morgan fingerprint density at radius 1 is 1.82 bits per heavy atom. The molecular weight excluding hydrogens is 144 g/mol. The van der Waals surface area contributed by atoms with Gasteiger partial charge in [0.1, 0.15) is 0 Å². The molecule has 0 unspecified atom stereocenters. The van der Waals surface area contributed by atoms with Gasteiger partial charge in [0, 0.05) is 14.0 Å². The van der Waals surface area contributed by atoms with Gasteiger partial charge in [-0.1, -0.05) is 0 Å². The second-order valence-electron chi connectivity index (χ2n) is 2.27. The number of amides is 1. The van der Waals surface area contributed by atoms with E-state index in [0.29, 0.717) is 11.6 Å². The lowest BCUT2D eigenvalue weighted by Crippen LogP contribution is -2.10. The Kier molecular flexibility index (Phi) is 1.80. The van der Waals surface area contributed by atoms with Gasteiger partial charge in [-0.25, -0.2) is 4.98 Å². The van der Waals surface area contributed by atoms with E-state index >= 15 is 0 Å². The molecule has 0 spiro atoms. The van der Waals surface area contributed by atoms with Gasteiger partial charge in [0.05, 0.1) is 6.33 Å². The lowest BCUT2D eigenvalue weighted by atomic mass is 10.6. The monoisotopic (exact) mass is 154 g/mol. The van der Waals surface area contributed by atoms with E-state index in [2.05, 4.69) is 10.3 Å². The molecule has 1 heterocycles. The van der Waals surface area contributed by atoms with Crippen molar-refractivity contribution >= 4 is 17.5 Å². The number of nitrogens with two attached hydrogens (primary N) is 1. The maximum atomic E-state index is 10.6. The molecule has 1 rings (SSSR count). The fraction of sp³-hybridized carbons (Fsp3) is 0.333. The highest BCUT2D eigenvalue weighted by atomic mass is 16.1. The molecule has 0 fully saturated rings. The molecule has 0 aliphatic carbocycles. The van der Waals surface area contributed by atoms with Crippen LogP contribution in [0.25, 0.3) is 0 Å². The van der Waals surface area contributed by atoms with Crippen LogP contribution in [0.5, 0.6) is 0 Å². The highest BCUT2D eigenvalue weighted by Crippen LogP contribution is 2.13. The Bertz CT molecular complexity index is 259. The maximum absolute atomic E-state index is 10.6. The van der Waals surface area contributed by atoms with E-state index in [-0.39, 0.29) is 5.91 Å². The molecule has 1 amide bonds. The molecule has 0 saturated heterocycles. The molecule has 5 heteroatoms. The number of aromatic nitrogens is 2. The van der Waals surface area contributed by atoms with Gasteiger partial charge in [0.15, 0.2) is 11.6 Å². The van der Waals surface area contributed by atoms with Crippen LogP contribution in [0.15, 0.2) is 6.33 Å². The predicted molar refractivity (Wildman–Crippen MR) is 41.9 cm³/mol. The second-order valence-corrected chi connectivity index (χ2v) is 2.27. The summed E-state index contributed by atoms with van der Waals surface area (Å²) in [6.45, 7) is 1.42. The number of anilines is 2. The standard InChI is InChI=1S/C6H10N4O/c1-4(11)9-6-5(7)8-3-10(6)2/h3H,7H2,1-2H3,(H,9,11). The summed E-state index contributed by atoms with van der Waals surface area (Å²) in [6.07, 6.45) is 1.54. The van der Waals surface area contributed by atoms with Crippen LogP contribution in [0.4, 0.5) is 11.6 Å². The minimum absolute atomic E-state index is 0.152. The first-order chi connectivity index (χ1) is 5.11. The Hall–Kier alpha value is -1.52. The number of nitrogens with one attached hydrogen (secondary N) is 1. The van der Waals surface area contributed by atoms with Gasteiger partial charge in [-0.05, 0) is 0 Å². The molecule has 0 aromatic carbocycles. The molecule has 1 aromatic heterocycles. The third-order valence-corrected chi connectivity index (χ3v) is 1.26. The first kappa shape index (κ1) is 7.59. The van der Waals surface area contributed by atoms with Crippen LogP contribution in [0, 0.1) is 0 Å². The third kappa shape index (κ3) is 1.49. The maximum Gasteiger partial charge on any atom is 0.222 e.